The van der Waals surface area contributed by atoms with Crippen LogP contribution in [0.15, 0.2) is 55.0 Å². The molecule has 4 N–H and O–H groups in total. The van der Waals surface area contributed by atoms with Crippen molar-refractivity contribution in [1.29, 1.82) is 0 Å². The number of rotatable bonds is 4. The number of carbonyl (C=O) groups excluding carboxylic acids is 1. The molecule has 3 aromatic rings. The molecule has 6 heteroatoms. The normalized spacial score (nSPS) is 20.0. The van der Waals surface area contributed by atoms with Crippen molar-refractivity contribution in [3.63, 3.8) is 0 Å². The van der Waals surface area contributed by atoms with Crippen molar-refractivity contribution in [3.05, 3.63) is 66.1 Å². The number of nitrogens with zero attached hydrogens (tertiary/aromatic N) is 2. The van der Waals surface area contributed by atoms with Gasteiger partial charge in [0.1, 0.15) is 6.33 Å². The summed E-state index contributed by atoms with van der Waals surface area (Å²) < 4.78 is 0. The second kappa shape index (κ2) is 7.09. The maximum atomic E-state index is 11.7. The van der Waals surface area contributed by atoms with Crippen LogP contribution < -0.4 is 16.4 Å². The molecule has 1 aliphatic rings. The van der Waals surface area contributed by atoms with Gasteiger partial charge in [-0.25, -0.2) is 9.97 Å². The number of hydrogen-bond acceptors (Lipinski definition) is 5. The highest BCUT2D eigenvalue weighted by molar-refractivity contribution is 6.07. The van der Waals surface area contributed by atoms with E-state index in [1.165, 1.54) is 11.9 Å². The fraction of sp³-hybridized carbons (Fsp3) is 0.250. The number of piperidine rings is 1. The Labute approximate surface area is 151 Å². The van der Waals surface area contributed by atoms with E-state index in [2.05, 4.69) is 44.9 Å². The predicted molar refractivity (Wildman–Crippen MR) is 102 cm³/mol. The number of hydrogen-bond donors (Lipinski definition) is 3. The van der Waals surface area contributed by atoms with Crippen molar-refractivity contribution in [2.45, 2.75) is 18.4 Å². The first-order valence-corrected chi connectivity index (χ1v) is 8.79. The van der Waals surface area contributed by atoms with Gasteiger partial charge in [-0.2, -0.15) is 0 Å². The second-order valence-corrected chi connectivity index (χ2v) is 6.57. The van der Waals surface area contributed by atoms with Gasteiger partial charge in [-0.1, -0.05) is 30.3 Å². The first kappa shape index (κ1) is 16.5. The Morgan fingerprint density at radius 1 is 1.19 bits per heavy atom. The summed E-state index contributed by atoms with van der Waals surface area (Å²) in [6.45, 7) is 1.87. The minimum absolute atomic E-state index is 0.231. The van der Waals surface area contributed by atoms with Crippen LogP contribution in [0.3, 0.4) is 0 Å². The maximum Gasteiger partial charge on any atom is 0.250 e. The lowest BCUT2D eigenvalue weighted by atomic mass is 9.86. The Bertz CT molecular complexity index is 928. The van der Waals surface area contributed by atoms with Crippen molar-refractivity contribution in [3.8, 4) is 0 Å². The van der Waals surface area contributed by atoms with Crippen molar-refractivity contribution < 1.29 is 4.79 Å². The lowest BCUT2D eigenvalue weighted by molar-refractivity contribution is 0.100. The number of nitrogens with one attached hydrogen (secondary N) is 2. The molecule has 26 heavy (non-hydrogen) atoms. The van der Waals surface area contributed by atoms with Crippen molar-refractivity contribution in [2.75, 3.05) is 18.4 Å². The smallest absolute Gasteiger partial charge is 0.250 e. The van der Waals surface area contributed by atoms with E-state index in [0.717, 1.165) is 30.6 Å². The molecular weight excluding hydrogens is 326 g/mol. The number of amides is 1. The van der Waals surface area contributed by atoms with E-state index in [0.29, 0.717) is 17.0 Å². The summed E-state index contributed by atoms with van der Waals surface area (Å²) in [5.41, 5.74) is 8.73. The quantitative estimate of drug-likeness (QED) is 0.673. The highest BCUT2D eigenvalue weighted by Crippen LogP contribution is 2.31. The lowest BCUT2D eigenvalue weighted by Crippen LogP contribution is -2.44. The zero-order valence-electron chi connectivity index (χ0n) is 14.4. The van der Waals surface area contributed by atoms with Crippen LogP contribution in [0, 0.1) is 0 Å². The van der Waals surface area contributed by atoms with Crippen LogP contribution in [0.4, 0.5) is 5.69 Å². The van der Waals surface area contributed by atoms with E-state index >= 15 is 0 Å². The summed E-state index contributed by atoms with van der Waals surface area (Å²) >= 11 is 0. The number of anilines is 1. The number of nitrogens with two attached hydrogens (primary N) is 1. The van der Waals surface area contributed by atoms with Crippen molar-refractivity contribution in [2.24, 2.45) is 5.73 Å². The van der Waals surface area contributed by atoms with Gasteiger partial charge in [0.25, 0.3) is 5.91 Å². The molecule has 2 atom stereocenters. The second-order valence-electron chi connectivity index (χ2n) is 6.57. The van der Waals surface area contributed by atoms with Crippen LogP contribution in [-0.2, 0) is 0 Å². The molecule has 1 saturated heterocycles. The van der Waals surface area contributed by atoms with Gasteiger partial charge in [0.05, 0.1) is 11.1 Å². The van der Waals surface area contributed by atoms with Gasteiger partial charge in [-0.3, -0.25) is 4.79 Å². The number of aromatic nitrogens is 2. The molecule has 0 spiro atoms. The van der Waals surface area contributed by atoms with E-state index in [9.17, 15) is 4.79 Å². The van der Waals surface area contributed by atoms with E-state index in [4.69, 9.17) is 5.73 Å². The molecule has 6 nitrogen and oxygen atoms in total. The third-order valence-electron chi connectivity index (χ3n) is 4.99. The van der Waals surface area contributed by atoms with E-state index < -0.39 is 5.91 Å². The lowest BCUT2D eigenvalue weighted by Gasteiger charge is -2.34. The molecular formula is C20H21N5O. The molecule has 1 aliphatic heterocycles. The highest BCUT2D eigenvalue weighted by Gasteiger charge is 2.27. The van der Waals surface area contributed by atoms with Crippen LogP contribution in [0.5, 0.6) is 0 Å². The predicted octanol–water partition coefficient (Wildman–Crippen LogP) is 2.29. The van der Waals surface area contributed by atoms with Gasteiger partial charge >= 0.3 is 0 Å². The van der Waals surface area contributed by atoms with E-state index in [-0.39, 0.29) is 6.04 Å². The minimum Gasteiger partial charge on any atom is -0.380 e. The monoisotopic (exact) mass is 347 g/mol. The Kier molecular flexibility index (Phi) is 4.50. The van der Waals surface area contributed by atoms with Crippen LogP contribution in [0.2, 0.25) is 0 Å². The highest BCUT2D eigenvalue weighted by atomic mass is 16.1. The minimum atomic E-state index is -0.484. The SMILES string of the molecule is NC(=O)c1ccc(N[C@H]2CNCCC2c2ccccc2)c2cncnc12. The Morgan fingerprint density at radius 3 is 2.85 bits per heavy atom. The van der Waals surface area contributed by atoms with Crippen LogP contribution >= 0.6 is 0 Å². The van der Waals surface area contributed by atoms with Gasteiger partial charge in [-0.05, 0) is 30.7 Å². The molecule has 1 amide bonds. The topological polar surface area (TPSA) is 92.9 Å². The van der Waals surface area contributed by atoms with Gasteiger partial charge in [0.2, 0.25) is 0 Å². The molecule has 2 heterocycles. The molecule has 0 saturated carbocycles. The Balaban J connectivity index is 1.70. The molecule has 0 aliphatic carbocycles. The first-order chi connectivity index (χ1) is 12.7. The van der Waals surface area contributed by atoms with E-state index in [1.54, 1.807) is 12.3 Å². The average Bonchev–Trinajstić information content (AvgIpc) is 2.69. The molecule has 1 aromatic heterocycles. The Hall–Kier alpha value is -2.99. The zero-order chi connectivity index (χ0) is 17.9. The van der Waals surface area contributed by atoms with Gasteiger partial charge in [0.15, 0.2) is 0 Å². The largest absolute Gasteiger partial charge is 0.380 e. The first-order valence-electron chi connectivity index (χ1n) is 8.79. The standard InChI is InChI=1S/C20H21N5O/c21-20(26)15-6-7-17(16-10-23-12-24-19(15)16)25-18-11-22-9-8-14(18)13-4-2-1-3-5-13/h1-7,10,12,14,18,22,25H,8-9,11H2,(H2,21,26)/t14?,18-/m0/s1. The third kappa shape index (κ3) is 3.11. The molecule has 4 rings (SSSR count). The molecule has 1 fully saturated rings. The summed E-state index contributed by atoms with van der Waals surface area (Å²) in [6, 6.07) is 14.4. The molecule has 0 radical (unpaired) electrons. The number of fused-ring (bicyclic) bond motifs is 1. The molecule has 0 bridgehead atoms. The summed E-state index contributed by atoms with van der Waals surface area (Å²) in [4.78, 5) is 20.1. The fourth-order valence-electron chi connectivity index (χ4n) is 3.71. The summed E-state index contributed by atoms with van der Waals surface area (Å²) in [5.74, 6) is -0.0744. The number of benzene rings is 2. The summed E-state index contributed by atoms with van der Waals surface area (Å²) in [6.07, 6.45) is 4.23. The number of carbonyl (C=O) groups is 1. The van der Waals surface area contributed by atoms with Gasteiger partial charge < -0.3 is 16.4 Å². The van der Waals surface area contributed by atoms with Crippen LogP contribution in [0.1, 0.15) is 28.3 Å². The molecule has 1 unspecified atom stereocenters. The molecule has 132 valence electrons. The summed E-state index contributed by atoms with van der Waals surface area (Å²) in [7, 11) is 0. The Morgan fingerprint density at radius 2 is 2.04 bits per heavy atom. The maximum absolute atomic E-state index is 11.7. The fourth-order valence-corrected chi connectivity index (χ4v) is 3.71. The average molecular weight is 347 g/mol. The van der Waals surface area contributed by atoms with Crippen molar-refractivity contribution >= 4 is 22.5 Å². The van der Waals surface area contributed by atoms with Crippen LogP contribution in [-0.4, -0.2) is 35.0 Å². The van der Waals surface area contributed by atoms with Gasteiger partial charge in [-0.15, -0.1) is 0 Å². The van der Waals surface area contributed by atoms with Crippen LogP contribution in [0.25, 0.3) is 10.9 Å². The third-order valence-corrected chi connectivity index (χ3v) is 4.99. The zero-order valence-corrected chi connectivity index (χ0v) is 14.4. The van der Waals surface area contributed by atoms with E-state index in [1.807, 2.05) is 12.1 Å². The summed E-state index contributed by atoms with van der Waals surface area (Å²) in [5, 5.41) is 7.92. The number of primary amides is 1. The van der Waals surface area contributed by atoms with Crippen molar-refractivity contribution in [1.82, 2.24) is 15.3 Å². The van der Waals surface area contributed by atoms with Gasteiger partial charge in [0, 0.05) is 35.8 Å². The molecule has 2 aromatic carbocycles.